The molecule has 2 heterocycles. The van der Waals surface area contributed by atoms with Gasteiger partial charge in [-0.15, -0.1) is 0 Å². The van der Waals surface area contributed by atoms with Gasteiger partial charge in [-0.05, 0) is 135 Å². The van der Waals surface area contributed by atoms with E-state index in [2.05, 4.69) is 10.3 Å². The van der Waals surface area contributed by atoms with E-state index in [1.807, 2.05) is 99.6 Å². The van der Waals surface area contributed by atoms with Crippen molar-refractivity contribution in [3.63, 3.8) is 0 Å². The topological polar surface area (TPSA) is 123 Å². The number of carbonyl (C=O) groups excluding carboxylic acids is 2. The number of phenolic OH excluding ortho intramolecular Hbond substituents is 1. The van der Waals surface area contributed by atoms with Crippen LogP contribution in [0.5, 0.6) is 5.75 Å². The van der Waals surface area contributed by atoms with Gasteiger partial charge in [-0.3, -0.25) is 19.5 Å². The van der Waals surface area contributed by atoms with Crippen molar-refractivity contribution in [1.29, 1.82) is 0 Å². The highest BCUT2D eigenvalue weighted by atomic mass is 16.3. The highest BCUT2D eigenvalue weighted by molar-refractivity contribution is 6.22. The molecule has 1 saturated heterocycles. The lowest BCUT2D eigenvalue weighted by atomic mass is 9.68. The summed E-state index contributed by atoms with van der Waals surface area (Å²) in [5.74, 6) is -2.39. The van der Waals surface area contributed by atoms with Gasteiger partial charge in [0.15, 0.2) is 0 Å². The molecular formula is C40H41N3O5. The number of amides is 2. The molecule has 1 aliphatic heterocycles. The molecule has 246 valence electrons. The van der Waals surface area contributed by atoms with Crippen molar-refractivity contribution in [1.82, 2.24) is 4.98 Å². The molecule has 0 saturated carbocycles. The first-order valence-corrected chi connectivity index (χ1v) is 16.4. The van der Waals surface area contributed by atoms with Crippen molar-refractivity contribution >= 4 is 40.5 Å². The number of hydrogen-bond acceptors (Lipinski definition) is 7. The predicted molar refractivity (Wildman–Crippen MR) is 188 cm³/mol. The number of aromatic nitrogens is 1. The molecule has 8 nitrogen and oxygen atoms in total. The van der Waals surface area contributed by atoms with Gasteiger partial charge >= 0.3 is 0 Å². The molecule has 8 heteroatoms. The van der Waals surface area contributed by atoms with Gasteiger partial charge in [-0.25, -0.2) is 0 Å². The van der Waals surface area contributed by atoms with E-state index in [0.29, 0.717) is 30.5 Å². The number of phenols is 1. The Bertz CT molecular complexity index is 1850. The number of para-hydroxylation sites is 1. The number of nitrogens with one attached hydrogen (secondary N) is 1. The first kappa shape index (κ1) is 32.9. The van der Waals surface area contributed by atoms with Gasteiger partial charge in [0.2, 0.25) is 11.8 Å². The SMILES string of the molecule is CC1=C([C@H](O)CC/C(=C/c2cc(C)c(O)c(C)c2)c2ccccn2)[C@H](CO)[C@@H]2C(=O)N(c3ccc(Nc4ccccc4)cc3)C(=O)[C@@H]2C1. The van der Waals surface area contributed by atoms with Gasteiger partial charge in [0.1, 0.15) is 5.75 Å². The van der Waals surface area contributed by atoms with Gasteiger partial charge in [0, 0.05) is 23.5 Å². The van der Waals surface area contributed by atoms with Crippen molar-refractivity contribution < 1.29 is 24.9 Å². The van der Waals surface area contributed by atoms with E-state index in [-0.39, 0.29) is 24.2 Å². The monoisotopic (exact) mass is 643 g/mol. The molecule has 1 aliphatic carbocycles. The Morgan fingerprint density at radius 2 is 1.60 bits per heavy atom. The Labute approximate surface area is 281 Å². The van der Waals surface area contributed by atoms with Crippen LogP contribution in [0.2, 0.25) is 0 Å². The molecular weight excluding hydrogens is 602 g/mol. The van der Waals surface area contributed by atoms with Crippen molar-refractivity contribution in [2.75, 3.05) is 16.8 Å². The number of aryl methyl sites for hydroxylation is 2. The van der Waals surface area contributed by atoms with E-state index < -0.39 is 23.9 Å². The Morgan fingerprint density at radius 1 is 0.938 bits per heavy atom. The van der Waals surface area contributed by atoms with Gasteiger partial charge in [0.05, 0.1) is 35.9 Å². The van der Waals surface area contributed by atoms with Crippen LogP contribution in [0.1, 0.15) is 48.6 Å². The van der Waals surface area contributed by atoms with Gasteiger partial charge in [0.25, 0.3) is 0 Å². The summed E-state index contributed by atoms with van der Waals surface area (Å²) in [7, 11) is 0. The summed E-state index contributed by atoms with van der Waals surface area (Å²) in [4.78, 5) is 33.5. The van der Waals surface area contributed by atoms with Crippen LogP contribution in [0.25, 0.3) is 11.6 Å². The first-order chi connectivity index (χ1) is 23.2. The standard InChI is InChI=1S/C40H41N3O5/c1-24-21-32-37(40(48)43(39(32)47)31-15-13-30(14-16-31)42-29-9-5-4-6-10-29)33(23-44)36(24)35(45)17-12-28(34-11-7-8-18-41-34)22-27-19-25(2)38(46)26(3)20-27/h4-11,13-16,18-20,22,32-33,35,37,42,44-46H,12,17,21,23H2,1-3H3/b28-22-/t32-,33+,35-,37-/m1/s1. The largest absolute Gasteiger partial charge is 0.507 e. The molecule has 0 bridgehead atoms. The molecule has 6 rings (SSSR count). The number of rotatable bonds is 10. The highest BCUT2D eigenvalue weighted by Crippen LogP contribution is 2.47. The average molecular weight is 644 g/mol. The third-order valence-corrected chi connectivity index (χ3v) is 9.61. The molecule has 48 heavy (non-hydrogen) atoms. The molecule has 4 atom stereocenters. The van der Waals surface area contributed by atoms with Crippen LogP contribution in [0.4, 0.5) is 17.1 Å². The van der Waals surface area contributed by atoms with E-state index in [9.17, 15) is 24.9 Å². The molecule has 3 aromatic carbocycles. The Morgan fingerprint density at radius 3 is 2.25 bits per heavy atom. The zero-order chi connectivity index (χ0) is 33.9. The van der Waals surface area contributed by atoms with Crippen LogP contribution in [0.3, 0.4) is 0 Å². The number of imide groups is 1. The summed E-state index contributed by atoms with van der Waals surface area (Å²) < 4.78 is 0. The molecule has 0 unspecified atom stereocenters. The number of anilines is 3. The maximum absolute atomic E-state index is 13.9. The Kier molecular flexibility index (Phi) is 9.57. The third-order valence-electron chi connectivity index (χ3n) is 9.61. The zero-order valence-electron chi connectivity index (χ0n) is 27.4. The van der Waals surface area contributed by atoms with Crippen molar-refractivity contribution in [2.45, 2.75) is 46.1 Å². The normalized spacial score (nSPS) is 20.2. The second-order valence-electron chi connectivity index (χ2n) is 12.9. The van der Waals surface area contributed by atoms with Crippen LogP contribution < -0.4 is 10.2 Å². The number of aliphatic hydroxyl groups excluding tert-OH is 2. The number of pyridine rings is 1. The van der Waals surface area contributed by atoms with Crippen molar-refractivity contribution in [2.24, 2.45) is 17.8 Å². The summed E-state index contributed by atoms with van der Waals surface area (Å²) in [6.45, 7) is 5.25. The fourth-order valence-electron chi connectivity index (χ4n) is 7.30. The maximum Gasteiger partial charge on any atom is 0.238 e. The Hall–Kier alpha value is -5.05. The lowest BCUT2D eigenvalue weighted by molar-refractivity contribution is -0.123. The summed E-state index contributed by atoms with van der Waals surface area (Å²) >= 11 is 0. The lowest BCUT2D eigenvalue weighted by Gasteiger charge is -2.35. The minimum atomic E-state index is -0.932. The minimum Gasteiger partial charge on any atom is -0.507 e. The number of hydrogen-bond donors (Lipinski definition) is 4. The Balaban J connectivity index is 1.22. The minimum absolute atomic E-state index is 0.269. The van der Waals surface area contributed by atoms with E-state index >= 15 is 0 Å². The average Bonchev–Trinajstić information content (AvgIpc) is 3.34. The molecule has 4 N–H and O–H groups in total. The molecule has 2 amide bonds. The van der Waals surface area contributed by atoms with E-state index in [0.717, 1.165) is 44.9 Å². The number of carbonyl (C=O) groups is 2. The number of benzene rings is 3. The van der Waals surface area contributed by atoms with Gasteiger partial charge < -0.3 is 20.6 Å². The van der Waals surface area contributed by atoms with Gasteiger partial charge in [-0.1, -0.05) is 29.8 Å². The summed E-state index contributed by atoms with van der Waals surface area (Å²) in [6.07, 6.45) is 3.97. The smallest absolute Gasteiger partial charge is 0.238 e. The fourth-order valence-corrected chi connectivity index (χ4v) is 7.30. The third kappa shape index (κ3) is 6.54. The molecule has 1 aromatic heterocycles. The fraction of sp³-hybridized carbons (Fsp3) is 0.275. The van der Waals surface area contributed by atoms with Crippen LogP contribution in [0, 0.1) is 31.6 Å². The summed E-state index contributed by atoms with van der Waals surface area (Å²) in [5, 5.41) is 35.9. The van der Waals surface area contributed by atoms with E-state index in [4.69, 9.17) is 0 Å². The predicted octanol–water partition coefficient (Wildman–Crippen LogP) is 6.96. The highest BCUT2D eigenvalue weighted by Gasteiger charge is 2.54. The first-order valence-electron chi connectivity index (χ1n) is 16.4. The zero-order valence-corrected chi connectivity index (χ0v) is 27.4. The van der Waals surface area contributed by atoms with Crippen LogP contribution in [0.15, 0.2) is 102 Å². The molecule has 2 aliphatic rings. The number of aromatic hydroxyl groups is 1. The second-order valence-corrected chi connectivity index (χ2v) is 12.9. The summed E-state index contributed by atoms with van der Waals surface area (Å²) in [6, 6.07) is 26.4. The second kappa shape index (κ2) is 14.0. The van der Waals surface area contributed by atoms with Gasteiger partial charge in [-0.2, -0.15) is 0 Å². The van der Waals surface area contributed by atoms with Crippen LogP contribution >= 0.6 is 0 Å². The lowest BCUT2D eigenvalue weighted by Crippen LogP contribution is -2.38. The van der Waals surface area contributed by atoms with Crippen LogP contribution in [-0.2, 0) is 9.59 Å². The van der Waals surface area contributed by atoms with Crippen molar-refractivity contribution in [3.8, 4) is 5.75 Å². The molecule has 0 radical (unpaired) electrons. The molecule has 4 aromatic rings. The van der Waals surface area contributed by atoms with Crippen molar-refractivity contribution in [3.05, 3.63) is 125 Å². The quantitative estimate of drug-likeness (QED) is 0.109. The molecule has 0 spiro atoms. The molecule has 1 fully saturated rings. The maximum atomic E-state index is 13.9. The van der Waals surface area contributed by atoms with Crippen LogP contribution in [-0.4, -0.2) is 44.8 Å². The van der Waals surface area contributed by atoms with E-state index in [1.165, 1.54) is 4.90 Å². The number of aliphatic hydroxyl groups is 2. The van der Waals surface area contributed by atoms with E-state index in [1.54, 1.807) is 18.3 Å². The number of fused-ring (bicyclic) bond motifs is 1. The number of allylic oxidation sites excluding steroid dienone is 2. The number of nitrogens with zero attached hydrogens (tertiary/aromatic N) is 2. The summed E-state index contributed by atoms with van der Waals surface area (Å²) in [5.41, 5.74) is 7.86.